The van der Waals surface area contributed by atoms with E-state index in [2.05, 4.69) is 27.9 Å². The molecule has 1 unspecified atom stereocenters. The van der Waals surface area contributed by atoms with Crippen LogP contribution in [0.4, 0.5) is 5.82 Å². The number of methoxy groups -OCH3 is 1. The molecule has 1 heterocycles. The molecule has 0 bridgehead atoms. The number of pyridine rings is 1. The highest BCUT2D eigenvalue weighted by Crippen LogP contribution is 2.21. The van der Waals surface area contributed by atoms with Gasteiger partial charge in [0.15, 0.2) is 0 Å². The maximum Gasteiger partial charge on any atom is 0.256 e. The average Bonchev–Trinajstić information content (AvgIpc) is 2.69. The number of anilines is 1. The molecule has 5 N–H and O–H groups in total. The summed E-state index contributed by atoms with van der Waals surface area (Å²) in [4.78, 5) is 17.2. The summed E-state index contributed by atoms with van der Waals surface area (Å²) in [6.07, 6.45) is 6.96. The fourth-order valence-corrected chi connectivity index (χ4v) is 3.94. The van der Waals surface area contributed by atoms with Crippen LogP contribution in [0.3, 0.4) is 0 Å². The Morgan fingerprint density at radius 3 is 2.59 bits per heavy atom. The summed E-state index contributed by atoms with van der Waals surface area (Å²) in [7, 11) is 1.75. The second-order valence-electron chi connectivity index (χ2n) is 8.22. The Morgan fingerprint density at radius 1 is 1.31 bits per heavy atom. The van der Waals surface area contributed by atoms with Crippen LogP contribution < -0.4 is 21.7 Å². The maximum atomic E-state index is 12.6. The number of aryl methyl sites for hydroxylation is 2. The Bertz CT molecular complexity index is 659. The monoisotopic (exact) mass is 405 g/mol. The predicted molar refractivity (Wildman–Crippen MR) is 118 cm³/mol. The van der Waals surface area contributed by atoms with Crippen molar-refractivity contribution in [3.63, 3.8) is 0 Å². The van der Waals surface area contributed by atoms with E-state index in [-0.39, 0.29) is 18.1 Å². The standard InChI is InChI=1S/C22H39N5O2/c1-6-19(27-17-10-8-7-9-11-17)20(29-5)13-24-21-18(22(28)26-16(4)23)12-14(2)15(3)25-21/h12,16-17,19-20,27H,6-11,13,23H2,1-5H3,(H,24,25)(H,26,28)/t16?,19-,20+/m1/s1. The van der Waals surface area contributed by atoms with E-state index in [9.17, 15) is 4.79 Å². The van der Waals surface area contributed by atoms with Gasteiger partial charge in [0, 0.05) is 31.4 Å². The lowest BCUT2D eigenvalue weighted by Gasteiger charge is -2.32. The van der Waals surface area contributed by atoms with Crippen molar-refractivity contribution in [2.75, 3.05) is 19.0 Å². The molecule has 0 saturated heterocycles. The minimum absolute atomic E-state index is 0.0188. The van der Waals surface area contributed by atoms with Crippen molar-refractivity contribution < 1.29 is 9.53 Å². The third kappa shape index (κ3) is 6.94. The van der Waals surface area contributed by atoms with E-state index in [1.165, 1.54) is 32.1 Å². The Balaban J connectivity index is 2.10. The molecule has 29 heavy (non-hydrogen) atoms. The number of nitrogens with zero attached hydrogens (tertiary/aromatic N) is 1. The van der Waals surface area contributed by atoms with Crippen LogP contribution in [-0.2, 0) is 4.74 Å². The van der Waals surface area contributed by atoms with Crippen molar-refractivity contribution in [1.29, 1.82) is 0 Å². The normalized spacial score (nSPS) is 18.1. The molecule has 2 rings (SSSR count). The van der Waals surface area contributed by atoms with E-state index in [1.54, 1.807) is 14.0 Å². The van der Waals surface area contributed by atoms with Gasteiger partial charge in [0.2, 0.25) is 0 Å². The molecule has 1 aromatic rings. The number of hydrogen-bond acceptors (Lipinski definition) is 6. The third-order valence-electron chi connectivity index (χ3n) is 5.79. The molecule has 0 spiro atoms. The zero-order chi connectivity index (χ0) is 21.4. The Labute approximate surface area is 175 Å². The maximum absolute atomic E-state index is 12.6. The summed E-state index contributed by atoms with van der Waals surface area (Å²) in [5.41, 5.74) is 8.11. The number of amides is 1. The van der Waals surface area contributed by atoms with Gasteiger partial charge in [-0.3, -0.25) is 4.79 Å². The van der Waals surface area contributed by atoms with Gasteiger partial charge >= 0.3 is 0 Å². The van der Waals surface area contributed by atoms with Crippen LogP contribution in [0.1, 0.15) is 74.0 Å². The summed E-state index contributed by atoms with van der Waals surface area (Å²) < 4.78 is 5.81. The zero-order valence-corrected chi connectivity index (χ0v) is 18.7. The quantitative estimate of drug-likeness (QED) is 0.447. The number of aromatic nitrogens is 1. The average molecular weight is 406 g/mol. The molecular weight excluding hydrogens is 366 g/mol. The molecule has 1 aliphatic carbocycles. The lowest BCUT2D eigenvalue weighted by atomic mass is 9.94. The molecule has 0 radical (unpaired) electrons. The van der Waals surface area contributed by atoms with Gasteiger partial charge in [-0.25, -0.2) is 4.98 Å². The first-order valence-corrected chi connectivity index (χ1v) is 10.9. The highest BCUT2D eigenvalue weighted by Gasteiger charge is 2.25. The zero-order valence-electron chi connectivity index (χ0n) is 18.7. The molecule has 1 fully saturated rings. The van der Waals surface area contributed by atoms with Crippen molar-refractivity contribution in [2.45, 2.75) is 90.6 Å². The van der Waals surface area contributed by atoms with Gasteiger partial charge in [0.05, 0.1) is 17.8 Å². The molecule has 7 heteroatoms. The smallest absolute Gasteiger partial charge is 0.256 e. The molecule has 0 aromatic carbocycles. The van der Waals surface area contributed by atoms with Crippen LogP contribution in [-0.4, -0.2) is 48.9 Å². The number of nitrogens with two attached hydrogens (primary N) is 1. The first-order chi connectivity index (χ1) is 13.8. The highest BCUT2D eigenvalue weighted by molar-refractivity contribution is 5.99. The predicted octanol–water partition coefficient (Wildman–Crippen LogP) is 2.86. The first kappa shape index (κ1) is 23.6. The minimum Gasteiger partial charge on any atom is -0.378 e. The van der Waals surface area contributed by atoms with E-state index >= 15 is 0 Å². The van der Waals surface area contributed by atoms with Crippen molar-refractivity contribution in [2.24, 2.45) is 5.73 Å². The molecule has 7 nitrogen and oxygen atoms in total. The number of ether oxygens (including phenoxy) is 1. The van der Waals surface area contributed by atoms with E-state index in [1.807, 2.05) is 19.9 Å². The molecule has 3 atom stereocenters. The molecule has 1 aromatic heterocycles. The van der Waals surface area contributed by atoms with Gasteiger partial charge in [0.1, 0.15) is 5.82 Å². The van der Waals surface area contributed by atoms with Crippen LogP contribution in [0.25, 0.3) is 0 Å². The van der Waals surface area contributed by atoms with Crippen LogP contribution >= 0.6 is 0 Å². The molecule has 0 aliphatic heterocycles. The summed E-state index contributed by atoms with van der Waals surface area (Å²) in [5.74, 6) is 0.347. The SMILES string of the molecule is CC[C@@H](NC1CCCCC1)[C@H](CNc1nc(C)c(C)cc1C(=O)NC(C)N)OC. The molecule has 1 saturated carbocycles. The Morgan fingerprint density at radius 2 is 2.00 bits per heavy atom. The highest BCUT2D eigenvalue weighted by atomic mass is 16.5. The summed E-state index contributed by atoms with van der Waals surface area (Å²) in [6, 6.07) is 2.68. The van der Waals surface area contributed by atoms with Gasteiger partial charge in [-0.05, 0) is 51.7 Å². The number of carbonyl (C=O) groups is 1. The van der Waals surface area contributed by atoms with E-state index in [4.69, 9.17) is 10.5 Å². The van der Waals surface area contributed by atoms with Gasteiger partial charge in [-0.1, -0.05) is 26.2 Å². The molecular formula is C22H39N5O2. The number of nitrogens with one attached hydrogen (secondary N) is 3. The van der Waals surface area contributed by atoms with Gasteiger partial charge in [0.25, 0.3) is 5.91 Å². The van der Waals surface area contributed by atoms with Crippen molar-refractivity contribution in [1.82, 2.24) is 15.6 Å². The Kier molecular flexibility index (Phi) is 9.33. The second-order valence-corrected chi connectivity index (χ2v) is 8.22. The first-order valence-electron chi connectivity index (χ1n) is 10.9. The number of hydrogen-bond donors (Lipinski definition) is 4. The summed E-state index contributed by atoms with van der Waals surface area (Å²) >= 11 is 0. The van der Waals surface area contributed by atoms with Crippen LogP contribution in [0.2, 0.25) is 0 Å². The third-order valence-corrected chi connectivity index (χ3v) is 5.79. The van der Waals surface area contributed by atoms with E-state index in [0.717, 1.165) is 17.7 Å². The molecule has 1 amide bonds. The van der Waals surface area contributed by atoms with Gasteiger partial charge in [-0.2, -0.15) is 0 Å². The van der Waals surface area contributed by atoms with Crippen LogP contribution in [0.5, 0.6) is 0 Å². The number of carbonyl (C=O) groups excluding carboxylic acids is 1. The van der Waals surface area contributed by atoms with Crippen molar-refractivity contribution in [3.8, 4) is 0 Å². The topological polar surface area (TPSA) is 101 Å². The summed E-state index contributed by atoms with van der Waals surface area (Å²) in [5, 5.41) is 9.91. The van der Waals surface area contributed by atoms with Crippen molar-refractivity contribution >= 4 is 11.7 Å². The second kappa shape index (κ2) is 11.5. The van der Waals surface area contributed by atoms with Crippen molar-refractivity contribution in [3.05, 3.63) is 22.9 Å². The lowest BCUT2D eigenvalue weighted by molar-refractivity contribution is 0.0698. The minimum atomic E-state index is -0.423. The van der Waals surface area contributed by atoms with Crippen LogP contribution in [0, 0.1) is 13.8 Å². The van der Waals surface area contributed by atoms with Gasteiger partial charge < -0.3 is 26.4 Å². The van der Waals surface area contributed by atoms with E-state index < -0.39 is 6.17 Å². The largest absolute Gasteiger partial charge is 0.378 e. The lowest BCUT2D eigenvalue weighted by Crippen LogP contribution is -2.49. The fourth-order valence-electron chi connectivity index (χ4n) is 3.94. The molecule has 164 valence electrons. The fraction of sp³-hybridized carbons (Fsp3) is 0.727. The van der Waals surface area contributed by atoms with Crippen LogP contribution in [0.15, 0.2) is 6.07 Å². The summed E-state index contributed by atoms with van der Waals surface area (Å²) in [6.45, 7) is 8.39. The number of rotatable bonds is 10. The van der Waals surface area contributed by atoms with Gasteiger partial charge in [-0.15, -0.1) is 0 Å². The molecule has 1 aliphatic rings. The van der Waals surface area contributed by atoms with E-state index in [0.29, 0.717) is 24.0 Å². The Hall–Kier alpha value is -1.70.